The standard InChI is InChI=1S/C33H41N3O4S/c1-5-30(33(38)34-28-15-11-12-16-28)35(22-27-14-10-9-13-25(27)3)32(37)23-36(31-20-19-24(2)21-26(31)4)41(39,40)29-17-7-6-8-18-29/h6-10,13-14,17-21,28,30H,5,11-12,15-16,22-23H2,1-4H3,(H,34,38)/t30-/m1/s1. The molecule has 1 atom stereocenters. The van der Waals surface area contributed by atoms with Crippen molar-refractivity contribution >= 4 is 27.5 Å². The largest absolute Gasteiger partial charge is 0.352 e. The Kier molecular flexibility index (Phi) is 9.86. The van der Waals surface area contributed by atoms with E-state index >= 15 is 0 Å². The molecule has 0 heterocycles. The van der Waals surface area contributed by atoms with Gasteiger partial charge in [0.05, 0.1) is 10.6 Å². The van der Waals surface area contributed by atoms with Crippen LogP contribution in [0.2, 0.25) is 0 Å². The molecule has 41 heavy (non-hydrogen) atoms. The van der Waals surface area contributed by atoms with Gasteiger partial charge in [-0.25, -0.2) is 8.42 Å². The number of hydrogen-bond donors (Lipinski definition) is 1. The Morgan fingerprint density at radius 3 is 2.20 bits per heavy atom. The highest BCUT2D eigenvalue weighted by Gasteiger charge is 2.35. The van der Waals surface area contributed by atoms with Crippen molar-refractivity contribution in [3.8, 4) is 0 Å². The number of aryl methyl sites for hydroxylation is 3. The molecule has 8 heteroatoms. The first-order valence-electron chi connectivity index (χ1n) is 14.4. The zero-order chi connectivity index (χ0) is 29.6. The second-order valence-electron chi connectivity index (χ2n) is 11.0. The molecule has 1 N–H and O–H groups in total. The van der Waals surface area contributed by atoms with E-state index in [1.807, 2.05) is 64.1 Å². The fourth-order valence-electron chi connectivity index (χ4n) is 5.58. The summed E-state index contributed by atoms with van der Waals surface area (Å²) in [6.07, 6.45) is 4.43. The van der Waals surface area contributed by atoms with Gasteiger partial charge in [-0.15, -0.1) is 0 Å². The van der Waals surface area contributed by atoms with Crippen molar-refractivity contribution < 1.29 is 18.0 Å². The van der Waals surface area contributed by atoms with Gasteiger partial charge in [0.25, 0.3) is 10.0 Å². The third-order valence-electron chi connectivity index (χ3n) is 7.92. The molecule has 0 aromatic heterocycles. The molecule has 1 aliphatic carbocycles. The molecule has 7 nitrogen and oxygen atoms in total. The van der Waals surface area contributed by atoms with Crippen LogP contribution in [0.25, 0.3) is 0 Å². The summed E-state index contributed by atoms with van der Waals surface area (Å²) < 4.78 is 29.2. The lowest BCUT2D eigenvalue weighted by Crippen LogP contribution is -2.53. The van der Waals surface area contributed by atoms with Crippen LogP contribution in [0, 0.1) is 20.8 Å². The van der Waals surface area contributed by atoms with Gasteiger partial charge >= 0.3 is 0 Å². The van der Waals surface area contributed by atoms with Crippen molar-refractivity contribution in [1.82, 2.24) is 10.2 Å². The number of carbonyl (C=O) groups excluding carboxylic acids is 2. The molecule has 3 aromatic carbocycles. The predicted molar refractivity (Wildman–Crippen MR) is 163 cm³/mol. The van der Waals surface area contributed by atoms with E-state index in [4.69, 9.17) is 0 Å². The van der Waals surface area contributed by atoms with E-state index in [1.165, 1.54) is 16.4 Å². The number of rotatable bonds is 11. The van der Waals surface area contributed by atoms with Crippen molar-refractivity contribution in [2.75, 3.05) is 10.8 Å². The second kappa shape index (κ2) is 13.3. The number of nitrogens with zero attached hydrogens (tertiary/aromatic N) is 2. The molecule has 0 aliphatic heterocycles. The minimum atomic E-state index is -4.09. The van der Waals surface area contributed by atoms with Crippen LogP contribution >= 0.6 is 0 Å². The van der Waals surface area contributed by atoms with Crippen molar-refractivity contribution in [1.29, 1.82) is 0 Å². The van der Waals surface area contributed by atoms with Crippen molar-refractivity contribution in [3.05, 3.63) is 95.1 Å². The van der Waals surface area contributed by atoms with E-state index in [9.17, 15) is 18.0 Å². The Balaban J connectivity index is 1.74. The predicted octanol–water partition coefficient (Wildman–Crippen LogP) is 5.67. The summed E-state index contributed by atoms with van der Waals surface area (Å²) in [6, 6.07) is 20.8. The zero-order valence-electron chi connectivity index (χ0n) is 24.5. The lowest BCUT2D eigenvalue weighted by atomic mass is 10.1. The first-order chi connectivity index (χ1) is 19.6. The number of anilines is 1. The van der Waals surface area contributed by atoms with Gasteiger partial charge in [0.1, 0.15) is 12.6 Å². The van der Waals surface area contributed by atoms with Crippen LogP contribution in [0.3, 0.4) is 0 Å². The highest BCUT2D eigenvalue weighted by Crippen LogP contribution is 2.28. The Hall–Kier alpha value is -3.65. The molecular weight excluding hydrogens is 534 g/mol. The summed E-state index contributed by atoms with van der Waals surface area (Å²) in [5.41, 5.74) is 4.09. The van der Waals surface area contributed by atoms with Gasteiger partial charge in [-0.3, -0.25) is 13.9 Å². The van der Waals surface area contributed by atoms with E-state index in [2.05, 4.69) is 5.32 Å². The van der Waals surface area contributed by atoms with Crippen molar-refractivity contribution in [2.24, 2.45) is 0 Å². The van der Waals surface area contributed by atoms with E-state index in [1.54, 1.807) is 29.2 Å². The maximum atomic E-state index is 14.3. The van der Waals surface area contributed by atoms with Gasteiger partial charge < -0.3 is 10.2 Å². The van der Waals surface area contributed by atoms with Gasteiger partial charge in [-0.2, -0.15) is 0 Å². The summed E-state index contributed by atoms with van der Waals surface area (Å²) in [5, 5.41) is 3.16. The molecule has 0 radical (unpaired) electrons. The van der Waals surface area contributed by atoms with E-state index < -0.39 is 28.5 Å². The SMILES string of the molecule is CC[C@H](C(=O)NC1CCCC1)N(Cc1ccccc1C)C(=O)CN(c1ccc(C)cc1C)S(=O)(=O)c1ccccc1. The number of sulfonamides is 1. The first-order valence-corrected chi connectivity index (χ1v) is 15.8. The smallest absolute Gasteiger partial charge is 0.264 e. The highest BCUT2D eigenvalue weighted by atomic mass is 32.2. The van der Waals surface area contributed by atoms with Gasteiger partial charge in [0.15, 0.2) is 0 Å². The summed E-state index contributed by atoms with van der Waals surface area (Å²) >= 11 is 0. The normalized spacial score (nSPS) is 14.4. The number of carbonyl (C=O) groups is 2. The monoisotopic (exact) mass is 575 g/mol. The Labute approximate surface area is 244 Å². The molecule has 1 fully saturated rings. The maximum Gasteiger partial charge on any atom is 0.264 e. The molecule has 218 valence electrons. The molecule has 3 aromatic rings. The molecule has 4 rings (SSSR count). The van der Waals surface area contributed by atoms with Crippen LogP contribution in [-0.2, 0) is 26.2 Å². The zero-order valence-corrected chi connectivity index (χ0v) is 25.3. The number of benzene rings is 3. The minimum absolute atomic E-state index is 0.101. The molecule has 1 aliphatic rings. The van der Waals surface area contributed by atoms with Crippen molar-refractivity contribution in [3.63, 3.8) is 0 Å². The molecule has 0 unspecified atom stereocenters. The molecule has 2 amide bonds. The molecule has 0 spiro atoms. The van der Waals surface area contributed by atoms with E-state index in [0.29, 0.717) is 12.1 Å². The molecular formula is C33H41N3O4S. The Bertz CT molecular complexity index is 1470. The Morgan fingerprint density at radius 1 is 0.902 bits per heavy atom. The van der Waals surface area contributed by atoms with Crippen LogP contribution in [0.15, 0.2) is 77.7 Å². The summed E-state index contributed by atoms with van der Waals surface area (Å²) in [7, 11) is -4.09. The Morgan fingerprint density at radius 2 is 1.56 bits per heavy atom. The molecule has 1 saturated carbocycles. The van der Waals surface area contributed by atoms with Gasteiger partial charge in [-0.05, 0) is 74.9 Å². The molecule has 0 saturated heterocycles. The fourth-order valence-corrected chi connectivity index (χ4v) is 7.08. The van der Waals surface area contributed by atoms with Crippen molar-refractivity contribution in [2.45, 2.75) is 83.3 Å². The topological polar surface area (TPSA) is 86.8 Å². The molecule has 0 bridgehead atoms. The van der Waals surface area contributed by atoms with Crippen LogP contribution < -0.4 is 9.62 Å². The number of nitrogens with one attached hydrogen (secondary N) is 1. The van der Waals surface area contributed by atoms with Gasteiger partial charge in [0, 0.05) is 12.6 Å². The van der Waals surface area contributed by atoms with Crippen LogP contribution in [0.4, 0.5) is 5.69 Å². The third kappa shape index (κ3) is 7.17. The summed E-state index contributed by atoms with van der Waals surface area (Å²) in [6.45, 7) is 7.42. The average molecular weight is 576 g/mol. The fraction of sp³-hybridized carbons (Fsp3) is 0.394. The highest BCUT2D eigenvalue weighted by molar-refractivity contribution is 7.92. The lowest BCUT2D eigenvalue weighted by Gasteiger charge is -2.34. The van der Waals surface area contributed by atoms with E-state index in [-0.39, 0.29) is 23.4 Å². The second-order valence-corrected chi connectivity index (χ2v) is 12.8. The van der Waals surface area contributed by atoms with Gasteiger partial charge in [0.2, 0.25) is 11.8 Å². The quantitative estimate of drug-likeness (QED) is 0.319. The lowest BCUT2D eigenvalue weighted by molar-refractivity contribution is -0.140. The van der Waals surface area contributed by atoms with Crippen LogP contribution in [0.1, 0.15) is 61.3 Å². The summed E-state index contributed by atoms with van der Waals surface area (Å²) in [5.74, 6) is -0.619. The average Bonchev–Trinajstić information content (AvgIpc) is 3.46. The van der Waals surface area contributed by atoms with Gasteiger partial charge in [-0.1, -0.05) is 79.9 Å². The number of amides is 2. The maximum absolute atomic E-state index is 14.3. The third-order valence-corrected chi connectivity index (χ3v) is 9.69. The van der Waals surface area contributed by atoms with Crippen LogP contribution in [-0.4, -0.2) is 43.8 Å². The van der Waals surface area contributed by atoms with Crippen LogP contribution in [0.5, 0.6) is 0 Å². The number of hydrogen-bond acceptors (Lipinski definition) is 4. The first kappa shape index (κ1) is 30.3. The van der Waals surface area contributed by atoms with E-state index in [0.717, 1.165) is 47.9 Å². The minimum Gasteiger partial charge on any atom is -0.352 e. The summed E-state index contributed by atoms with van der Waals surface area (Å²) in [4.78, 5) is 29.5.